The normalized spacial score (nSPS) is 17.7. The summed E-state index contributed by atoms with van der Waals surface area (Å²) in [5, 5.41) is 2.75. The zero-order valence-corrected chi connectivity index (χ0v) is 46.0. The monoisotopic (exact) mass is 969 g/mol. The quantitative estimate of drug-likeness (QED) is 0.162. The molecule has 13 rings (SSSR count). The van der Waals surface area contributed by atoms with E-state index >= 15 is 0 Å². The van der Waals surface area contributed by atoms with E-state index in [-0.39, 0.29) is 33.8 Å². The van der Waals surface area contributed by atoms with Crippen LogP contribution in [-0.4, -0.2) is 6.71 Å². The zero-order chi connectivity index (χ0) is 50.7. The van der Waals surface area contributed by atoms with Gasteiger partial charge in [0, 0.05) is 48.5 Å². The second-order valence-electron chi connectivity index (χ2n) is 25.9. The van der Waals surface area contributed by atoms with Crippen molar-refractivity contribution in [1.82, 2.24) is 0 Å². The van der Waals surface area contributed by atoms with E-state index in [2.05, 4.69) is 245 Å². The summed E-state index contributed by atoms with van der Waals surface area (Å²) in [6.07, 6.45) is 4.70. The molecule has 2 nitrogen and oxygen atoms in total. The molecule has 0 bridgehead atoms. The Morgan fingerprint density at radius 2 is 1.01 bits per heavy atom. The van der Waals surface area contributed by atoms with E-state index in [0.29, 0.717) is 0 Å². The molecule has 0 N–H and O–H groups in total. The SMILES string of the molecule is Cc1cc(C(C)(C)C)ccc1N1c2cc3c(cc2B2c4ccc5sc6cc7c(cc6c5c4N(c4ccccc4-c4ccccc4)c4cc(-c5ccccc5)cc1c42)C(C)(C)CCC7(C)C)C(C)(C)CCC3(C)C. The first kappa shape index (κ1) is 46.4. The molecule has 4 heteroatoms. The summed E-state index contributed by atoms with van der Waals surface area (Å²) in [5.41, 5.74) is 25.5. The van der Waals surface area contributed by atoms with Crippen molar-refractivity contribution < 1.29 is 0 Å². The Bertz CT molecular complexity index is 3750. The van der Waals surface area contributed by atoms with Crippen LogP contribution in [0, 0.1) is 6.92 Å². The first-order valence-electron chi connectivity index (χ1n) is 27.0. The minimum absolute atomic E-state index is 0.0219. The Labute approximate surface area is 439 Å². The predicted octanol–water partition coefficient (Wildman–Crippen LogP) is 17.8. The van der Waals surface area contributed by atoms with E-state index < -0.39 is 0 Å². The van der Waals surface area contributed by atoms with Crippen LogP contribution in [0.4, 0.5) is 34.1 Å². The van der Waals surface area contributed by atoms with Gasteiger partial charge in [-0.3, -0.25) is 0 Å². The molecular weight excluding hydrogens is 900 g/mol. The first-order valence-corrected chi connectivity index (χ1v) is 27.9. The number of benzene rings is 8. The van der Waals surface area contributed by atoms with Crippen LogP contribution in [0.15, 0.2) is 152 Å². The van der Waals surface area contributed by atoms with Crippen LogP contribution in [0.2, 0.25) is 0 Å². The molecular formula is C69H69BN2S. The zero-order valence-electron chi connectivity index (χ0n) is 45.1. The van der Waals surface area contributed by atoms with Gasteiger partial charge in [0.25, 0.3) is 6.71 Å². The largest absolute Gasteiger partial charge is 0.311 e. The van der Waals surface area contributed by atoms with Crippen LogP contribution in [-0.2, 0) is 27.1 Å². The average molecular weight is 969 g/mol. The van der Waals surface area contributed by atoms with Gasteiger partial charge in [-0.1, -0.05) is 179 Å². The third-order valence-electron chi connectivity index (χ3n) is 18.2. The number of anilines is 6. The highest BCUT2D eigenvalue weighted by Crippen LogP contribution is 2.56. The summed E-state index contributed by atoms with van der Waals surface area (Å²) in [7, 11) is 0. The average Bonchev–Trinajstić information content (AvgIpc) is 3.75. The van der Waals surface area contributed by atoms with Crippen LogP contribution in [0.25, 0.3) is 42.4 Å². The van der Waals surface area contributed by atoms with Crippen LogP contribution in [0.5, 0.6) is 0 Å². The van der Waals surface area contributed by atoms with Gasteiger partial charge in [0.05, 0.1) is 11.4 Å². The maximum atomic E-state index is 2.73. The molecule has 1 aromatic heterocycles. The van der Waals surface area contributed by atoms with Crippen molar-refractivity contribution in [3.8, 4) is 22.3 Å². The molecule has 2 aliphatic carbocycles. The van der Waals surface area contributed by atoms with Crippen molar-refractivity contribution in [3.05, 3.63) is 185 Å². The van der Waals surface area contributed by atoms with Crippen LogP contribution >= 0.6 is 11.3 Å². The van der Waals surface area contributed by atoms with Gasteiger partial charge in [-0.05, 0) is 175 Å². The number of para-hydroxylation sites is 1. The number of rotatable bonds is 4. The van der Waals surface area contributed by atoms with Crippen LogP contribution in [0.1, 0.15) is 135 Å². The number of thiophene rings is 1. The number of aryl methyl sites for hydroxylation is 1. The van der Waals surface area contributed by atoms with Crippen molar-refractivity contribution in [2.45, 2.75) is 136 Å². The number of hydrogen-bond donors (Lipinski definition) is 0. The highest BCUT2D eigenvalue weighted by molar-refractivity contribution is 7.26. The van der Waals surface area contributed by atoms with E-state index in [0.717, 1.165) is 12.8 Å². The van der Waals surface area contributed by atoms with Crippen LogP contribution in [0.3, 0.4) is 0 Å². The van der Waals surface area contributed by atoms with E-state index in [1.54, 1.807) is 0 Å². The summed E-state index contributed by atoms with van der Waals surface area (Å²) in [5.74, 6) is 0. The summed E-state index contributed by atoms with van der Waals surface area (Å²) in [6.45, 7) is 29.2. The fourth-order valence-corrected chi connectivity index (χ4v) is 14.8. The predicted molar refractivity (Wildman–Crippen MR) is 318 cm³/mol. The van der Waals surface area contributed by atoms with Gasteiger partial charge < -0.3 is 9.80 Å². The highest BCUT2D eigenvalue weighted by atomic mass is 32.1. The highest BCUT2D eigenvalue weighted by Gasteiger charge is 2.48. The summed E-state index contributed by atoms with van der Waals surface area (Å²) in [4.78, 5) is 5.42. The molecule has 0 fully saturated rings. The standard InChI is InChI=1S/C69H69BN2S/c1-42-35-46(65(2,3)4)27-29-55(42)71-57-40-51-50(67(7,8)32-33-68(51,9)10)39-54(57)70-53-28-30-60-62(48-38-49-52(41-61(48)73-60)69(11,12)34-31-66(49,5)6)64(53)72(56-26-20-19-25-47(56)44-23-17-14-18-24-44)59-37-45(36-58(71)63(59)70)43-21-15-13-16-22-43/h13-30,35-41H,31-34H2,1-12H3. The molecule has 8 aromatic carbocycles. The second kappa shape index (κ2) is 15.8. The fourth-order valence-electron chi connectivity index (χ4n) is 13.7. The number of fused-ring (bicyclic) bond motifs is 10. The summed E-state index contributed by atoms with van der Waals surface area (Å²) >= 11 is 1.98. The van der Waals surface area contributed by atoms with Gasteiger partial charge in [-0.15, -0.1) is 11.3 Å². The molecule has 0 atom stereocenters. The third-order valence-corrected chi connectivity index (χ3v) is 19.4. The topological polar surface area (TPSA) is 6.48 Å². The van der Waals surface area contributed by atoms with Gasteiger partial charge in [0.2, 0.25) is 0 Å². The van der Waals surface area contributed by atoms with Crippen molar-refractivity contribution in [2.24, 2.45) is 0 Å². The lowest BCUT2D eigenvalue weighted by atomic mass is 9.33. The Balaban J connectivity index is 1.22. The van der Waals surface area contributed by atoms with Gasteiger partial charge in [-0.25, -0.2) is 0 Å². The number of nitrogens with zero attached hydrogens (tertiary/aromatic N) is 2. The van der Waals surface area contributed by atoms with E-state index in [4.69, 9.17) is 0 Å². The Morgan fingerprint density at radius 1 is 0.452 bits per heavy atom. The molecule has 0 radical (unpaired) electrons. The molecule has 3 heterocycles. The van der Waals surface area contributed by atoms with Gasteiger partial charge >= 0.3 is 0 Å². The van der Waals surface area contributed by atoms with Crippen molar-refractivity contribution in [2.75, 3.05) is 9.80 Å². The fraction of sp³-hybridized carbons (Fsp3) is 0.304. The minimum atomic E-state index is -0.0242. The van der Waals surface area contributed by atoms with Crippen LogP contribution < -0.4 is 26.2 Å². The minimum Gasteiger partial charge on any atom is -0.311 e. The first-order chi connectivity index (χ1) is 34.7. The van der Waals surface area contributed by atoms with E-state index in [1.807, 2.05) is 11.3 Å². The Morgan fingerprint density at radius 3 is 1.64 bits per heavy atom. The lowest BCUT2D eigenvalue weighted by Gasteiger charge is -2.48. The Hall–Kier alpha value is -6.36. The smallest absolute Gasteiger partial charge is 0.252 e. The number of hydrogen-bond acceptors (Lipinski definition) is 3. The molecule has 0 saturated carbocycles. The molecule has 2 aliphatic heterocycles. The summed E-state index contributed by atoms with van der Waals surface area (Å²) < 4.78 is 2.73. The third kappa shape index (κ3) is 7.02. The maximum Gasteiger partial charge on any atom is 0.252 e. The summed E-state index contributed by atoms with van der Waals surface area (Å²) in [6, 6.07) is 59.4. The van der Waals surface area contributed by atoms with Crippen molar-refractivity contribution in [3.63, 3.8) is 0 Å². The van der Waals surface area contributed by atoms with Crippen molar-refractivity contribution >= 4 is 88.7 Å². The molecule has 0 saturated heterocycles. The van der Waals surface area contributed by atoms with Gasteiger partial charge in [0.1, 0.15) is 0 Å². The van der Waals surface area contributed by atoms with Crippen molar-refractivity contribution in [1.29, 1.82) is 0 Å². The molecule has 73 heavy (non-hydrogen) atoms. The maximum absolute atomic E-state index is 2.73. The molecule has 4 aliphatic rings. The lowest BCUT2D eigenvalue weighted by Crippen LogP contribution is -2.62. The molecule has 0 amide bonds. The Kier molecular flexibility index (Phi) is 10.1. The molecule has 364 valence electrons. The lowest BCUT2D eigenvalue weighted by molar-refractivity contribution is 0.332. The van der Waals surface area contributed by atoms with Gasteiger partial charge in [0.15, 0.2) is 0 Å². The molecule has 0 spiro atoms. The molecule has 0 unspecified atom stereocenters. The van der Waals surface area contributed by atoms with E-state index in [9.17, 15) is 0 Å². The van der Waals surface area contributed by atoms with Gasteiger partial charge in [-0.2, -0.15) is 0 Å². The van der Waals surface area contributed by atoms with E-state index in [1.165, 1.54) is 139 Å². The second-order valence-corrected chi connectivity index (χ2v) is 27.0. The molecule has 9 aromatic rings.